The fourth-order valence-corrected chi connectivity index (χ4v) is 2.18. The van der Waals surface area contributed by atoms with Gasteiger partial charge in [-0.1, -0.05) is 29.8 Å². The molecule has 0 unspecified atom stereocenters. The van der Waals surface area contributed by atoms with Crippen molar-refractivity contribution in [3.8, 4) is 0 Å². The molecule has 2 aromatic rings. The van der Waals surface area contributed by atoms with Crippen molar-refractivity contribution in [2.45, 2.75) is 6.54 Å². The second-order valence-electron chi connectivity index (χ2n) is 4.52. The maximum Gasteiger partial charge on any atom is 0.129 e. The van der Waals surface area contributed by atoms with Crippen molar-refractivity contribution in [3.63, 3.8) is 0 Å². The lowest BCUT2D eigenvalue weighted by Crippen LogP contribution is -2.22. The van der Waals surface area contributed by atoms with E-state index in [1.807, 2.05) is 30.1 Å². The van der Waals surface area contributed by atoms with Crippen molar-refractivity contribution in [3.05, 3.63) is 64.4 Å². The van der Waals surface area contributed by atoms with E-state index in [0.29, 0.717) is 22.7 Å². The second kappa shape index (κ2) is 5.92. The zero-order valence-corrected chi connectivity index (χ0v) is 11.8. The number of para-hydroxylation sites is 1. The quantitative estimate of drug-likeness (QED) is 0.670. The molecule has 20 heavy (non-hydrogen) atoms. The molecule has 0 aliphatic rings. The van der Waals surface area contributed by atoms with Crippen molar-refractivity contribution in [2.75, 3.05) is 11.9 Å². The fourth-order valence-electron chi connectivity index (χ4n) is 2.02. The summed E-state index contributed by atoms with van der Waals surface area (Å²) < 4.78 is 13.8. The molecular formula is C15H15ClFN3. The molecule has 3 N–H and O–H groups in total. The van der Waals surface area contributed by atoms with Crippen LogP contribution in [-0.2, 0) is 6.54 Å². The van der Waals surface area contributed by atoms with Crippen LogP contribution in [0.4, 0.5) is 10.1 Å². The summed E-state index contributed by atoms with van der Waals surface area (Å²) in [5.41, 5.74) is 7.51. The highest BCUT2D eigenvalue weighted by molar-refractivity contribution is 6.30. The van der Waals surface area contributed by atoms with Gasteiger partial charge in [0.25, 0.3) is 0 Å². The molecule has 0 heterocycles. The molecule has 0 amide bonds. The first-order valence-corrected chi connectivity index (χ1v) is 6.45. The molecule has 0 saturated carbocycles. The molecule has 0 aromatic heterocycles. The van der Waals surface area contributed by atoms with E-state index in [0.717, 1.165) is 5.69 Å². The highest BCUT2D eigenvalue weighted by Crippen LogP contribution is 2.22. The van der Waals surface area contributed by atoms with E-state index >= 15 is 0 Å². The Morgan fingerprint density at radius 3 is 2.65 bits per heavy atom. The molecule has 0 aliphatic heterocycles. The number of benzene rings is 2. The number of hydrogen-bond donors (Lipinski definition) is 2. The third-order valence-corrected chi connectivity index (χ3v) is 3.26. The van der Waals surface area contributed by atoms with Gasteiger partial charge in [-0.2, -0.15) is 0 Å². The van der Waals surface area contributed by atoms with Crippen LogP contribution in [0.15, 0.2) is 42.5 Å². The van der Waals surface area contributed by atoms with Gasteiger partial charge in [0.1, 0.15) is 11.7 Å². The average molecular weight is 292 g/mol. The molecule has 0 saturated heterocycles. The Hall–Kier alpha value is -2.07. The molecule has 5 heteroatoms. The van der Waals surface area contributed by atoms with Gasteiger partial charge < -0.3 is 10.6 Å². The average Bonchev–Trinajstić information content (AvgIpc) is 2.41. The first-order chi connectivity index (χ1) is 9.49. The highest BCUT2D eigenvalue weighted by atomic mass is 35.5. The van der Waals surface area contributed by atoms with Crippen molar-refractivity contribution in [1.82, 2.24) is 0 Å². The largest absolute Gasteiger partial charge is 0.384 e. The summed E-state index contributed by atoms with van der Waals surface area (Å²) in [5, 5.41) is 7.95. The summed E-state index contributed by atoms with van der Waals surface area (Å²) in [6, 6.07) is 11.9. The van der Waals surface area contributed by atoms with E-state index in [9.17, 15) is 4.39 Å². The molecule has 2 aromatic carbocycles. The number of nitrogen functional groups attached to an aromatic ring is 1. The summed E-state index contributed by atoms with van der Waals surface area (Å²) in [5.74, 6) is -0.353. The van der Waals surface area contributed by atoms with E-state index < -0.39 is 0 Å². The Balaban J connectivity index is 2.28. The van der Waals surface area contributed by atoms with Gasteiger partial charge in [0.15, 0.2) is 0 Å². The van der Waals surface area contributed by atoms with Crippen LogP contribution in [-0.4, -0.2) is 12.9 Å². The number of amidine groups is 1. The van der Waals surface area contributed by atoms with Crippen LogP contribution < -0.4 is 10.6 Å². The smallest absolute Gasteiger partial charge is 0.129 e. The van der Waals surface area contributed by atoms with Crippen LogP contribution in [0.1, 0.15) is 11.1 Å². The molecule has 3 nitrogen and oxygen atoms in total. The van der Waals surface area contributed by atoms with Crippen LogP contribution in [0.5, 0.6) is 0 Å². The normalized spacial score (nSPS) is 10.3. The SMILES string of the molecule is CN(Cc1ccc(Cl)cc1F)c1ccccc1C(=N)N. The molecular weight excluding hydrogens is 277 g/mol. The number of hydrogen-bond acceptors (Lipinski definition) is 2. The lowest BCUT2D eigenvalue weighted by molar-refractivity contribution is 0.608. The van der Waals surface area contributed by atoms with Gasteiger partial charge in [-0.15, -0.1) is 0 Å². The van der Waals surface area contributed by atoms with Gasteiger partial charge in [0.05, 0.1) is 0 Å². The minimum atomic E-state index is -0.343. The van der Waals surface area contributed by atoms with Crippen LogP contribution in [0, 0.1) is 11.2 Å². The number of anilines is 1. The van der Waals surface area contributed by atoms with Crippen molar-refractivity contribution >= 4 is 23.1 Å². The number of halogens is 2. The van der Waals surface area contributed by atoms with Gasteiger partial charge in [-0.3, -0.25) is 5.41 Å². The maximum atomic E-state index is 13.8. The molecule has 2 rings (SSSR count). The lowest BCUT2D eigenvalue weighted by atomic mass is 10.1. The minimum absolute atomic E-state index is 0.0102. The summed E-state index contributed by atoms with van der Waals surface area (Å²) in [4.78, 5) is 1.85. The van der Waals surface area contributed by atoms with Gasteiger partial charge >= 0.3 is 0 Å². The predicted octanol–water partition coefficient (Wildman–Crippen LogP) is 3.40. The maximum absolute atomic E-state index is 13.8. The van der Waals surface area contributed by atoms with Crippen LogP contribution in [0.25, 0.3) is 0 Å². The third kappa shape index (κ3) is 3.08. The number of nitrogens with zero attached hydrogens (tertiary/aromatic N) is 1. The highest BCUT2D eigenvalue weighted by Gasteiger charge is 2.11. The van der Waals surface area contributed by atoms with Gasteiger partial charge in [-0.05, 0) is 24.3 Å². The second-order valence-corrected chi connectivity index (χ2v) is 4.96. The number of nitrogens with one attached hydrogen (secondary N) is 1. The Bertz CT molecular complexity index is 643. The standard InChI is InChI=1S/C15H15ClFN3/c1-20(9-10-6-7-11(16)8-13(10)17)14-5-3-2-4-12(14)15(18)19/h2-8H,9H2,1H3,(H3,18,19). The van der Waals surface area contributed by atoms with E-state index in [1.165, 1.54) is 6.07 Å². The first kappa shape index (κ1) is 14.3. The Morgan fingerprint density at radius 2 is 2.00 bits per heavy atom. The zero-order chi connectivity index (χ0) is 14.7. The molecule has 0 radical (unpaired) electrons. The first-order valence-electron chi connectivity index (χ1n) is 6.07. The monoisotopic (exact) mass is 291 g/mol. The molecule has 0 fully saturated rings. The third-order valence-electron chi connectivity index (χ3n) is 3.03. The van der Waals surface area contributed by atoms with Gasteiger partial charge in [0, 0.05) is 35.4 Å². The van der Waals surface area contributed by atoms with E-state index in [4.69, 9.17) is 22.7 Å². The van der Waals surface area contributed by atoms with Crippen molar-refractivity contribution < 1.29 is 4.39 Å². The Morgan fingerprint density at radius 1 is 1.30 bits per heavy atom. The molecule has 104 valence electrons. The number of nitrogens with two attached hydrogens (primary N) is 1. The van der Waals surface area contributed by atoms with Crippen LogP contribution in [0.3, 0.4) is 0 Å². The summed E-state index contributed by atoms with van der Waals surface area (Å²) in [6.45, 7) is 0.368. The van der Waals surface area contributed by atoms with Crippen molar-refractivity contribution in [1.29, 1.82) is 5.41 Å². The van der Waals surface area contributed by atoms with E-state index in [2.05, 4.69) is 0 Å². The lowest BCUT2D eigenvalue weighted by Gasteiger charge is -2.22. The molecule has 0 spiro atoms. The van der Waals surface area contributed by atoms with Gasteiger partial charge in [-0.25, -0.2) is 4.39 Å². The van der Waals surface area contributed by atoms with E-state index in [-0.39, 0.29) is 11.7 Å². The molecule has 0 bridgehead atoms. The topological polar surface area (TPSA) is 53.1 Å². The minimum Gasteiger partial charge on any atom is -0.384 e. The van der Waals surface area contributed by atoms with Crippen LogP contribution >= 0.6 is 11.6 Å². The summed E-state index contributed by atoms with van der Waals surface area (Å²) in [6.07, 6.45) is 0. The predicted molar refractivity (Wildman–Crippen MR) is 81.0 cm³/mol. The zero-order valence-electron chi connectivity index (χ0n) is 11.0. The summed E-state index contributed by atoms with van der Waals surface area (Å²) in [7, 11) is 1.83. The number of rotatable bonds is 4. The molecule has 0 aliphatic carbocycles. The molecule has 0 atom stereocenters. The Labute approximate surface area is 122 Å². The van der Waals surface area contributed by atoms with Crippen LogP contribution in [0.2, 0.25) is 5.02 Å². The van der Waals surface area contributed by atoms with Gasteiger partial charge in [0.2, 0.25) is 0 Å². The van der Waals surface area contributed by atoms with Crippen molar-refractivity contribution in [2.24, 2.45) is 5.73 Å². The summed E-state index contributed by atoms with van der Waals surface area (Å²) >= 11 is 5.74. The van der Waals surface area contributed by atoms with E-state index in [1.54, 1.807) is 18.2 Å². The Kier molecular flexibility index (Phi) is 4.25. The fraction of sp³-hybridized carbons (Fsp3) is 0.133.